The standard InChI is InChI=1S/C30H28F2N2S/c1-19-18-35-28-13-12-27-30(29(19)28)25-17-34(16-14-26(25)33-27)15-2-3-24(20-4-8-22(31)9-5-20)21-6-10-23(32)11-7-21/h4-13,18,24,33H,2-3,14-17H2,1H3. The highest BCUT2D eigenvalue weighted by Gasteiger charge is 2.23. The third-order valence-corrected chi connectivity index (χ3v) is 8.51. The summed E-state index contributed by atoms with van der Waals surface area (Å²) >= 11 is 1.82. The number of nitrogens with zero attached hydrogens (tertiary/aromatic N) is 1. The Morgan fingerprint density at radius 2 is 1.60 bits per heavy atom. The lowest BCUT2D eigenvalue weighted by Crippen LogP contribution is -2.31. The molecule has 0 fully saturated rings. The van der Waals surface area contributed by atoms with Gasteiger partial charge in [-0.05, 0) is 90.3 Å². The molecule has 3 heterocycles. The van der Waals surface area contributed by atoms with Crippen LogP contribution in [-0.4, -0.2) is 23.0 Å². The number of fused-ring (bicyclic) bond motifs is 5. The van der Waals surface area contributed by atoms with Crippen LogP contribution in [-0.2, 0) is 13.0 Å². The number of hydrogen-bond donors (Lipinski definition) is 1. The smallest absolute Gasteiger partial charge is 0.123 e. The minimum atomic E-state index is -0.232. The van der Waals surface area contributed by atoms with E-state index in [9.17, 15) is 8.78 Å². The Hall–Kier alpha value is -3.02. The first-order valence-corrected chi connectivity index (χ1v) is 13.2. The molecule has 0 saturated heterocycles. The zero-order valence-electron chi connectivity index (χ0n) is 19.8. The van der Waals surface area contributed by atoms with Crippen molar-refractivity contribution >= 4 is 32.3 Å². The molecule has 0 saturated carbocycles. The van der Waals surface area contributed by atoms with Crippen LogP contribution in [0.3, 0.4) is 0 Å². The molecule has 0 radical (unpaired) electrons. The maximum Gasteiger partial charge on any atom is 0.123 e. The van der Waals surface area contributed by atoms with E-state index in [1.807, 2.05) is 35.6 Å². The van der Waals surface area contributed by atoms with Gasteiger partial charge in [0.1, 0.15) is 11.6 Å². The van der Waals surface area contributed by atoms with Crippen LogP contribution >= 0.6 is 11.3 Å². The highest BCUT2D eigenvalue weighted by Crippen LogP contribution is 2.38. The van der Waals surface area contributed by atoms with Crippen LogP contribution in [0, 0.1) is 18.6 Å². The van der Waals surface area contributed by atoms with Gasteiger partial charge in [0.2, 0.25) is 0 Å². The molecule has 0 amide bonds. The largest absolute Gasteiger partial charge is 0.358 e. The molecule has 178 valence electrons. The van der Waals surface area contributed by atoms with E-state index in [-0.39, 0.29) is 17.6 Å². The summed E-state index contributed by atoms with van der Waals surface area (Å²) in [6, 6.07) is 18.0. The lowest BCUT2D eigenvalue weighted by Gasteiger charge is -2.28. The third-order valence-electron chi connectivity index (χ3n) is 7.45. The van der Waals surface area contributed by atoms with Gasteiger partial charge in [-0.3, -0.25) is 4.90 Å². The molecule has 5 aromatic rings. The molecular weight excluding hydrogens is 458 g/mol. The molecule has 2 aromatic heterocycles. The van der Waals surface area contributed by atoms with Gasteiger partial charge in [0, 0.05) is 52.1 Å². The highest BCUT2D eigenvalue weighted by atomic mass is 32.1. The molecule has 0 atom stereocenters. The highest BCUT2D eigenvalue weighted by molar-refractivity contribution is 7.17. The molecule has 0 bridgehead atoms. The number of thiophene rings is 1. The van der Waals surface area contributed by atoms with Gasteiger partial charge in [0.15, 0.2) is 0 Å². The molecule has 1 N–H and O–H groups in total. The molecule has 35 heavy (non-hydrogen) atoms. The number of hydrogen-bond acceptors (Lipinski definition) is 2. The lowest BCUT2D eigenvalue weighted by atomic mass is 9.87. The topological polar surface area (TPSA) is 19.0 Å². The number of benzene rings is 3. The second-order valence-electron chi connectivity index (χ2n) is 9.69. The number of aryl methyl sites for hydroxylation is 1. The second-order valence-corrected chi connectivity index (χ2v) is 10.6. The number of nitrogens with one attached hydrogen (secondary N) is 1. The van der Waals surface area contributed by atoms with E-state index in [0.717, 1.165) is 50.0 Å². The van der Waals surface area contributed by atoms with Crippen molar-refractivity contribution in [2.75, 3.05) is 13.1 Å². The zero-order chi connectivity index (χ0) is 23.9. The van der Waals surface area contributed by atoms with E-state index in [4.69, 9.17) is 0 Å². The van der Waals surface area contributed by atoms with Crippen LogP contribution < -0.4 is 0 Å². The molecule has 2 nitrogen and oxygen atoms in total. The summed E-state index contributed by atoms with van der Waals surface area (Å²) in [5, 5.41) is 5.06. The fourth-order valence-electron chi connectivity index (χ4n) is 5.68. The molecule has 1 aliphatic rings. The van der Waals surface area contributed by atoms with E-state index < -0.39 is 0 Å². The number of aromatic nitrogens is 1. The van der Waals surface area contributed by atoms with Crippen LogP contribution in [0.5, 0.6) is 0 Å². The number of aromatic amines is 1. The Kier molecular flexibility index (Phi) is 5.91. The first-order valence-electron chi connectivity index (χ1n) is 12.3. The normalized spacial score (nSPS) is 14.3. The van der Waals surface area contributed by atoms with Crippen molar-refractivity contribution in [1.82, 2.24) is 9.88 Å². The fraction of sp³-hybridized carbons (Fsp3) is 0.267. The zero-order valence-corrected chi connectivity index (χ0v) is 20.6. The van der Waals surface area contributed by atoms with Gasteiger partial charge in [-0.15, -0.1) is 11.3 Å². The summed E-state index contributed by atoms with van der Waals surface area (Å²) in [4.78, 5) is 6.25. The van der Waals surface area contributed by atoms with Gasteiger partial charge >= 0.3 is 0 Å². The van der Waals surface area contributed by atoms with Crippen molar-refractivity contribution in [3.63, 3.8) is 0 Å². The Balaban J connectivity index is 1.21. The van der Waals surface area contributed by atoms with Crippen molar-refractivity contribution < 1.29 is 8.78 Å². The summed E-state index contributed by atoms with van der Waals surface area (Å²) in [5.41, 5.74) is 7.59. The summed E-state index contributed by atoms with van der Waals surface area (Å²) in [5.74, 6) is -0.341. The van der Waals surface area contributed by atoms with Crippen LogP contribution in [0.4, 0.5) is 8.78 Å². The van der Waals surface area contributed by atoms with Crippen molar-refractivity contribution in [1.29, 1.82) is 0 Å². The van der Waals surface area contributed by atoms with Gasteiger partial charge in [-0.2, -0.15) is 0 Å². The predicted octanol–water partition coefficient (Wildman–Crippen LogP) is 7.94. The van der Waals surface area contributed by atoms with Crippen molar-refractivity contribution in [2.45, 2.75) is 38.6 Å². The molecule has 3 aromatic carbocycles. The lowest BCUT2D eigenvalue weighted by molar-refractivity contribution is 0.248. The molecule has 1 aliphatic heterocycles. The molecule has 0 aliphatic carbocycles. The monoisotopic (exact) mass is 486 g/mol. The van der Waals surface area contributed by atoms with Crippen LogP contribution in [0.1, 0.15) is 46.7 Å². The maximum atomic E-state index is 13.5. The van der Waals surface area contributed by atoms with E-state index in [0.29, 0.717) is 0 Å². The molecule has 5 heteroatoms. The van der Waals surface area contributed by atoms with E-state index in [1.165, 1.54) is 62.1 Å². The maximum absolute atomic E-state index is 13.5. The van der Waals surface area contributed by atoms with Gasteiger partial charge in [0.25, 0.3) is 0 Å². The summed E-state index contributed by atoms with van der Waals surface area (Å²) in [6.45, 7) is 5.22. The average molecular weight is 487 g/mol. The van der Waals surface area contributed by atoms with Gasteiger partial charge in [-0.25, -0.2) is 8.78 Å². The Morgan fingerprint density at radius 1 is 0.914 bits per heavy atom. The molecular formula is C30H28F2N2S. The predicted molar refractivity (Wildman–Crippen MR) is 141 cm³/mol. The van der Waals surface area contributed by atoms with E-state index in [1.54, 1.807) is 0 Å². The van der Waals surface area contributed by atoms with Crippen molar-refractivity contribution in [3.05, 3.63) is 106 Å². The van der Waals surface area contributed by atoms with Gasteiger partial charge in [0.05, 0.1) is 0 Å². The minimum Gasteiger partial charge on any atom is -0.358 e. The average Bonchev–Trinajstić information content (AvgIpc) is 3.43. The van der Waals surface area contributed by atoms with Crippen LogP contribution in [0.15, 0.2) is 66.0 Å². The molecule has 0 unspecified atom stereocenters. The number of rotatable bonds is 6. The SMILES string of the molecule is Cc1csc2ccc3[nH]c4c(c3c12)CN(CCCC(c1ccc(F)cc1)c1ccc(F)cc1)CC4. The molecule has 0 spiro atoms. The first-order chi connectivity index (χ1) is 17.1. The van der Waals surface area contributed by atoms with Gasteiger partial charge < -0.3 is 4.98 Å². The quantitative estimate of drug-likeness (QED) is 0.258. The summed E-state index contributed by atoms with van der Waals surface area (Å²) < 4.78 is 28.5. The van der Waals surface area contributed by atoms with Crippen molar-refractivity contribution in [3.8, 4) is 0 Å². The first kappa shape index (κ1) is 22.4. The molecule has 6 rings (SSSR count). The third kappa shape index (κ3) is 4.28. The van der Waals surface area contributed by atoms with Crippen molar-refractivity contribution in [2.24, 2.45) is 0 Å². The Labute approximate surface area is 208 Å². The van der Waals surface area contributed by atoms with Crippen LogP contribution in [0.25, 0.3) is 21.0 Å². The Bertz CT molecular complexity index is 1440. The van der Waals surface area contributed by atoms with Crippen LogP contribution in [0.2, 0.25) is 0 Å². The minimum absolute atomic E-state index is 0.123. The number of halogens is 2. The number of H-pyrrole nitrogens is 1. The fourth-order valence-corrected chi connectivity index (χ4v) is 6.63. The summed E-state index contributed by atoms with van der Waals surface area (Å²) in [6.07, 6.45) is 2.99. The summed E-state index contributed by atoms with van der Waals surface area (Å²) in [7, 11) is 0. The van der Waals surface area contributed by atoms with E-state index in [2.05, 4.69) is 34.3 Å². The van der Waals surface area contributed by atoms with Gasteiger partial charge in [-0.1, -0.05) is 24.3 Å². The Morgan fingerprint density at radius 3 is 2.29 bits per heavy atom. The van der Waals surface area contributed by atoms with E-state index >= 15 is 0 Å². The second kappa shape index (κ2) is 9.21.